The third kappa shape index (κ3) is 4.44. The van der Waals surface area contributed by atoms with Crippen LogP contribution in [-0.4, -0.2) is 39.4 Å². The van der Waals surface area contributed by atoms with Crippen molar-refractivity contribution in [3.63, 3.8) is 0 Å². The predicted octanol–water partition coefficient (Wildman–Crippen LogP) is 3.58. The molecule has 0 bridgehead atoms. The number of carbonyl (C=O) groups is 1. The Balaban J connectivity index is 1.79. The Kier molecular flexibility index (Phi) is 5.79. The van der Waals surface area contributed by atoms with Crippen molar-refractivity contribution in [1.29, 1.82) is 0 Å². The van der Waals surface area contributed by atoms with Crippen molar-refractivity contribution in [3.8, 4) is 0 Å². The Morgan fingerprint density at radius 3 is 2.76 bits per heavy atom. The third-order valence-corrected chi connectivity index (χ3v) is 4.37. The molecule has 1 aliphatic heterocycles. The van der Waals surface area contributed by atoms with E-state index in [9.17, 15) is 4.79 Å². The molecule has 1 fully saturated rings. The number of carbonyl (C=O) groups excluding carboxylic acids is 1. The minimum absolute atomic E-state index is 0.340. The zero-order chi connectivity index (χ0) is 17.6. The number of nitrogens with zero attached hydrogens (tertiary/aromatic N) is 1. The maximum absolute atomic E-state index is 12.2. The number of hydrogen-bond donors (Lipinski definition) is 1. The summed E-state index contributed by atoms with van der Waals surface area (Å²) in [4.78, 5) is 14.4. The summed E-state index contributed by atoms with van der Waals surface area (Å²) >= 11 is 6.01. The molecule has 0 radical (unpaired) electrons. The topological polar surface area (TPSA) is 50.8 Å². The van der Waals surface area contributed by atoms with Gasteiger partial charge in [0, 0.05) is 30.3 Å². The van der Waals surface area contributed by atoms with E-state index in [1.54, 1.807) is 0 Å². The first kappa shape index (κ1) is 17.6. The second kappa shape index (κ2) is 8.23. The highest BCUT2D eigenvalue weighted by Gasteiger charge is 2.19. The number of nitrogens with one attached hydrogen (secondary N) is 1. The largest absolute Gasteiger partial charge is 0.465 e. The first-order chi connectivity index (χ1) is 12.2. The summed E-state index contributed by atoms with van der Waals surface area (Å²) in [5.74, 6) is -0.340. The lowest BCUT2D eigenvalue weighted by molar-refractivity contribution is 0.0600. The fourth-order valence-electron chi connectivity index (χ4n) is 2.85. The van der Waals surface area contributed by atoms with Crippen LogP contribution in [0.3, 0.4) is 0 Å². The quantitative estimate of drug-likeness (QED) is 0.826. The third-order valence-electron chi connectivity index (χ3n) is 4.14. The van der Waals surface area contributed by atoms with Gasteiger partial charge in [-0.1, -0.05) is 23.7 Å². The summed E-state index contributed by atoms with van der Waals surface area (Å²) in [6.07, 6.45) is 0. The Bertz CT molecular complexity index is 745. The molecule has 2 aromatic carbocycles. The van der Waals surface area contributed by atoms with Gasteiger partial charge < -0.3 is 19.7 Å². The number of anilines is 2. The predicted molar refractivity (Wildman–Crippen MR) is 99.6 cm³/mol. The van der Waals surface area contributed by atoms with Gasteiger partial charge in [0.05, 0.1) is 31.6 Å². The van der Waals surface area contributed by atoms with Crippen LogP contribution in [0.1, 0.15) is 15.9 Å². The first-order valence-corrected chi connectivity index (χ1v) is 8.58. The van der Waals surface area contributed by atoms with Crippen LogP contribution in [-0.2, 0) is 16.0 Å². The molecule has 0 aromatic heterocycles. The second-order valence-corrected chi connectivity index (χ2v) is 6.24. The molecule has 25 heavy (non-hydrogen) atoms. The number of morpholine rings is 1. The Morgan fingerprint density at radius 1 is 1.24 bits per heavy atom. The number of halogens is 1. The summed E-state index contributed by atoms with van der Waals surface area (Å²) in [5, 5.41) is 4.03. The van der Waals surface area contributed by atoms with E-state index in [4.69, 9.17) is 21.1 Å². The van der Waals surface area contributed by atoms with E-state index in [0.29, 0.717) is 30.3 Å². The Morgan fingerprint density at radius 2 is 2.04 bits per heavy atom. The molecule has 0 unspecified atom stereocenters. The van der Waals surface area contributed by atoms with Crippen LogP contribution in [0.4, 0.5) is 11.4 Å². The van der Waals surface area contributed by atoms with Gasteiger partial charge in [0.15, 0.2) is 0 Å². The molecular formula is C19H21ClN2O3. The van der Waals surface area contributed by atoms with Crippen molar-refractivity contribution in [2.75, 3.05) is 43.6 Å². The van der Waals surface area contributed by atoms with Gasteiger partial charge in [0.25, 0.3) is 0 Å². The van der Waals surface area contributed by atoms with Crippen molar-refractivity contribution in [2.45, 2.75) is 6.54 Å². The van der Waals surface area contributed by atoms with E-state index >= 15 is 0 Å². The minimum atomic E-state index is -0.340. The lowest BCUT2D eigenvalue weighted by Gasteiger charge is -2.30. The molecule has 2 aromatic rings. The van der Waals surface area contributed by atoms with Crippen molar-refractivity contribution >= 4 is 28.9 Å². The van der Waals surface area contributed by atoms with Gasteiger partial charge in [-0.3, -0.25) is 0 Å². The van der Waals surface area contributed by atoms with Crippen molar-refractivity contribution in [1.82, 2.24) is 0 Å². The monoisotopic (exact) mass is 360 g/mol. The molecule has 1 heterocycles. The zero-order valence-corrected chi connectivity index (χ0v) is 14.9. The SMILES string of the molecule is COC(=O)c1cc(NCc2cccc(Cl)c2)ccc1N1CCOCC1. The summed E-state index contributed by atoms with van der Waals surface area (Å²) in [7, 11) is 1.40. The van der Waals surface area contributed by atoms with Crippen LogP contribution < -0.4 is 10.2 Å². The smallest absolute Gasteiger partial charge is 0.340 e. The molecule has 132 valence electrons. The lowest BCUT2D eigenvalue weighted by Crippen LogP contribution is -2.37. The van der Waals surface area contributed by atoms with Crippen LogP contribution in [0.25, 0.3) is 0 Å². The molecule has 5 nitrogen and oxygen atoms in total. The van der Waals surface area contributed by atoms with Crippen LogP contribution in [0.5, 0.6) is 0 Å². The van der Waals surface area contributed by atoms with Gasteiger partial charge in [0.2, 0.25) is 0 Å². The number of esters is 1. The average molecular weight is 361 g/mol. The zero-order valence-electron chi connectivity index (χ0n) is 14.1. The van der Waals surface area contributed by atoms with Gasteiger partial charge in [-0.25, -0.2) is 4.79 Å². The van der Waals surface area contributed by atoms with Crippen LogP contribution in [0.2, 0.25) is 5.02 Å². The average Bonchev–Trinajstić information content (AvgIpc) is 2.66. The molecule has 1 aliphatic rings. The van der Waals surface area contributed by atoms with Crippen molar-refractivity contribution in [3.05, 3.63) is 58.6 Å². The molecule has 0 amide bonds. The molecule has 1 N–H and O–H groups in total. The number of hydrogen-bond acceptors (Lipinski definition) is 5. The highest BCUT2D eigenvalue weighted by Crippen LogP contribution is 2.26. The highest BCUT2D eigenvalue weighted by atomic mass is 35.5. The summed E-state index contributed by atoms with van der Waals surface area (Å²) in [6.45, 7) is 3.47. The van der Waals surface area contributed by atoms with E-state index in [1.807, 2.05) is 42.5 Å². The Hall–Kier alpha value is -2.24. The van der Waals surface area contributed by atoms with Gasteiger partial charge in [0.1, 0.15) is 0 Å². The summed E-state index contributed by atoms with van der Waals surface area (Å²) in [6, 6.07) is 13.4. The maximum atomic E-state index is 12.2. The molecule has 6 heteroatoms. The number of rotatable bonds is 5. The van der Waals surface area contributed by atoms with Crippen LogP contribution >= 0.6 is 11.6 Å². The molecule has 0 spiro atoms. The number of methoxy groups -OCH3 is 1. The van der Waals surface area contributed by atoms with E-state index in [0.717, 1.165) is 30.0 Å². The molecular weight excluding hydrogens is 340 g/mol. The second-order valence-electron chi connectivity index (χ2n) is 5.81. The van der Waals surface area contributed by atoms with Crippen LogP contribution in [0, 0.1) is 0 Å². The fraction of sp³-hybridized carbons (Fsp3) is 0.316. The minimum Gasteiger partial charge on any atom is -0.465 e. The van der Waals surface area contributed by atoms with E-state index < -0.39 is 0 Å². The lowest BCUT2D eigenvalue weighted by atomic mass is 10.1. The number of ether oxygens (including phenoxy) is 2. The van der Waals surface area contributed by atoms with E-state index in [1.165, 1.54) is 7.11 Å². The highest BCUT2D eigenvalue weighted by molar-refractivity contribution is 6.30. The standard InChI is InChI=1S/C19H21ClN2O3/c1-24-19(23)17-12-16(21-13-14-3-2-4-15(20)11-14)5-6-18(17)22-7-9-25-10-8-22/h2-6,11-12,21H,7-10,13H2,1H3. The molecule has 3 rings (SSSR count). The number of benzene rings is 2. The van der Waals surface area contributed by atoms with E-state index in [-0.39, 0.29) is 5.97 Å². The summed E-state index contributed by atoms with van der Waals surface area (Å²) < 4.78 is 10.3. The molecule has 1 saturated heterocycles. The first-order valence-electron chi connectivity index (χ1n) is 8.21. The van der Waals surface area contributed by atoms with Crippen LogP contribution in [0.15, 0.2) is 42.5 Å². The fourth-order valence-corrected chi connectivity index (χ4v) is 3.06. The molecule has 0 atom stereocenters. The summed E-state index contributed by atoms with van der Waals surface area (Å²) in [5.41, 5.74) is 3.37. The van der Waals surface area contributed by atoms with E-state index in [2.05, 4.69) is 10.2 Å². The normalized spacial score (nSPS) is 14.2. The Labute approximate surface area is 152 Å². The van der Waals surface area contributed by atoms with Crippen molar-refractivity contribution in [2.24, 2.45) is 0 Å². The van der Waals surface area contributed by atoms with Gasteiger partial charge in [-0.05, 0) is 35.9 Å². The maximum Gasteiger partial charge on any atom is 0.340 e. The molecule has 0 saturated carbocycles. The van der Waals surface area contributed by atoms with Gasteiger partial charge in [-0.15, -0.1) is 0 Å². The van der Waals surface area contributed by atoms with Crippen molar-refractivity contribution < 1.29 is 14.3 Å². The molecule has 0 aliphatic carbocycles. The van der Waals surface area contributed by atoms with Gasteiger partial charge in [-0.2, -0.15) is 0 Å². The van der Waals surface area contributed by atoms with Gasteiger partial charge >= 0.3 is 5.97 Å².